The molecule has 4 heavy (non-hydrogen) atoms. The second-order valence-electron chi connectivity index (χ2n) is 0. The molecule has 0 aromatic rings. The van der Waals surface area contributed by atoms with Crippen LogP contribution in [0.25, 0.3) is 0 Å². The molecule has 0 aliphatic heterocycles. The zero-order valence-corrected chi connectivity index (χ0v) is 5.92. The minimum atomic E-state index is 0. The molecule has 0 aliphatic rings. The van der Waals surface area contributed by atoms with Crippen molar-refractivity contribution in [2.24, 2.45) is 0 Å². The van der Waals surface area contributed by atoms with E-state index in [-0.39, 0.29) is 28.5 Å². The summed E-state index contributed by atoms with van der Waals surface area (Å²) in [6.07, 6.45) is 0. The van der Waals surface area contributed by atoms with Crippen LogP contribution in [0.3, 0.4) is 0 Å². The third-order valence-corrected chi connectivity index (χ3v) is 0. The molecule has 0 saturated heterocycles. The van der Waals surface area contributed by atoms with Gasteiger partial charge in [0.2, 0.25) is 0 Å². The SMILES string of the molecule is [MgH+].[OH-].[O]=[Ti]. The predicted octanol–water partition coefficient (Wildman–Crippen LogP) is -0.947. The Morgan fingerprint density at radius 1 is 1.25 bits per heavy atom. The minimum absolute atomic E-state index is 0. The van der Waals surface area contributed by atoms with Crippen LogP contribution in [0.1, 0.15) is 0 Å². The number of hydrogen-bond donors (Lipinski definition) is 0. The van der Waals surface area contributed by atoms with Gasteiger partial charge in [0, 0.05) is 0 Å². The van der Waals surface area contributed by atoms with Gasteiger partial charge < -0.3 is 5.48 Å². The quantitative estimate of drug-likeness (QED) is 0.374. The van der Waals surface area contributed by atoms with Gasteiger partial charge in [0.25, 0.3) is 0 Å². The summed E-state index contributed by atoms with van der Waals surface area (Å²) >= 11 is 0.750. The van der Waals surface area contributed by atoms with Crippen molar-refractivity contribution in [1.29, 1.82) is 0 Å². The molecule has 0 aliphatic carbocycles. The molecule has 0 aromatic heterocycles. The average molecular weight is 106 g/mol. The van der Waals surface area contributed by atoms with Gasteiger partial charge in [0.15, 0.2) is 0 Å². The summed E-state index contributed by atoms with van der Waals surface area (Å²) in [7, 11) is 0. The molecule has 0 radical (unpaired) electrons. The molecule has 0 amide bonds. The Morgan fingerprint density at radius 3 is 1.25 bits per heavy atom. The first-order chi connectivity index (χ1) is 1.00. The van der Waals surface area contributed by atoms with Gasteiger partial charge in [-0.2, -0.15) is 0 Å². The van der Waals surface area contributed by atoms with Crippen molar-refractivity contribution in [2.75, 3.05) is 0 Å². The molecule has 0 rings (SSSR count). The maximum absolute atomic E-state index is 8.25. The zero-order valence-electron chi connectivity index (χ0n) is 2.36. The van der Waals surface area contributed by atoms with Crippen LogP contribution in [0.15, 0.2) is 0 Å². The molecule has 0 spiro atoms. The second kappa shape index (κ2) is 28.9. The summed E-state index contributed by atoms with van der Waals surface area (Å²) in [5.41, 5.74) is 0. The molecule has 0 unspecified atom stereocenters. The van der Waals surface area contributed by atoms with Crippen LogP contribution < -0.4 is 0 Å². The zero-order chi connectivity index (χ0) is 2.00. The number of rotatable bonds is 0. The van der Waals surface area contributed by atoms with Gasteiger partial charge in [0.1, 0.15) is 0 Å². The summed E-state index contributed by atoms with van der Waals surface area (Å²) in [4.78, 5) is 0. The van der Waals surface area contributed by atoms with Gasteiger partial charge in [-0.3, -0.25) is 0 Å². The van der Waals surface area contributed by atoms with Crippen molar-refractivity contribution in [1.82, 2.24) is 0 Å². The Hall–Kier alpha value is 1.24. The van der Waals surface area contributed by atoms with E-state index in [1.54, 1.807) is 0 Å². The van der Waals surface area contributed by atoms with Gasteiger partial charge in [-0.1, -0.05) is 0 Å². The monoisotopic (exact) mass is 106 g/mol. The van der Waals surface area contributed by atoms with Crippen molar-refractivity contribution >= 4 is 23.1 Å². The maximum atomic E-state index is 8.25. The Kier molecular flexibility index (Phi) is 136. The van der Waals surface area contributed by atoms with E-state index < -0.39 is 0 Å². The molecule has 0 heterocycles. The van der Waals surface area contributed by atoms with Crippen molar-refractivity contribution in [3.05, 3.63) is 0 Å². The molecule has 0 aromatic carbocycles. The van der Waals surface area contributed by atoms with E-state index in [1.807, 2.05) is 0 Å². The molecule has 2 nitrogen and oxygen atoms in total. The summed E-state index contributed by atoms with van der Waals surface area (Å²) in [6.45, 7) is 0. The van der Waals surface area contributed by atoms with Crippen LogP contribution in [0.2, 0.25) is 0 Å². The van der Waals surface area contributed by atoms with Crippen molar-refractivity contribution in [3.8, 4) is 0 Å². The van der Waals surface area contributed by atoms with Gasteiger partial charge in [0.05, 0.1) is 0 Å². The summed E-state index contributed by atoms with van der Waals surface area (Å²) < 4.78 is 8.25. The van der Waals surface area contributed by atoms with Gasteiger partial charge in [-0.25, -0.2) is 0 Å². The molecule has 0 fully saturated rings. The Morgan fingerprint density at radius 2 is 1.25 bits per heavy atom. The van der Waals surface area contributed by atoms with E-state index in [0.717, 1.165) is 20.4 Å². The fourth-order valence-corrected chi connectivity index (χ4v) is 0. The van der Waals surface area contributed by atoms with Gasteiger partial charge >= 0.3 is 46.8 Å². The van der Waals surface area contributed by atoms with E-state index in [2.05, 4.69) is 0 Å². The van der Waals surface area contributed by atoms with E-state index in [9.17, 15) is 0 Å². The number of hydrogen-bond acceptors (Lipinski definition) is 2. The van der Waals surface area contributed by atoms with Gasteiger partial charge in [-0.15, -0.1) is 0 Å². The van der Waals surface area contributed by atoms with E-state index in [0.29, 0.717) is 0 Å². The molecule has 0 saturated carbocycles. The topological polar surface area (TPSA) is 47.1 Å². The first kappa shape index (κ1) is 18.8. The first-order valence-electron chi connectivity index (χ1n) is 0.204. The second-order valence-corrected chi connectivity index (χ2v) is 0. The van der Waals surface area contributed by atoms with Crippen LogP contribution in [-0.4, -0.2) is 28.5 Å². The summed E-state index contributed by atoms with van der Waals surface area (Å²) in [5.74, 6) is 0. The van der Waals surface area contributed by atoms with Crippen LogP contribution in [0.4, 0.5) is 0 Å². The summed E-state index contributed by atoms with van der Waals surface area (Å²) in [6, 6.07) is 0. The van der Waals surface area contributed by atoms with Gasteiger partial charge in [-0.05, 0) is 0 Å². The standard InChI is InChI=1S/Mg.H2O.O.Ti.H/h;1H2;;;/q+1;;;;/p-1. The third-order valence-electron chi connectivity index (χ3n) is 0. The normalized spacial score (nSPS) is 0.750. The first-order valence-corrected chi connectivity index (χ1v) is 0.842. The fraction of sp³-hybridized carbons (Fsp3) is 0. The molecule has 20 valence electrons. The summed E-state index contributed by atoms with van der Waals surface area (Å²) in [5, 5.41) is 0. The Bertz CT molecular complexity index is 6.00. The molecular formula is H2MgO2Ti. The van der Waals surface area contributed by atoms with Crippen LogP contribution in [0.5, 0.6) is 0 Å². The van der Waals surface area contributed by atoms with Crippen molar-refractivity contribution < 1.29 is 29.2 Å². The molecule has 0 bridgehead atoms. The Labute approximate surface area is 52.1 Å². The van der Waals surface area contributed by atoms with E-state index in [1.165, 1.54) is 0 Å². The average Bonchev–Trinajstić information content (AvgIpc) is 1.00. The van der Waals surface area contributed by atoms with Crippen LogP contribution in [0, 0.1) is 0 Å². The van der Waals surface area contributed by atoms with E-state index >= 15 is 0 Å². The molecule has 1 N–H and O–H groups in total. The predicted molar refractivity (Wildman–Crippen MR) is 9.77 cm³/mol. The van der Waals surface area contributed by atoms with Crippen LogP contribution >= 0.6 is 0 Å². The fourth-order valence-electron chi connectivity index (χ4n) is 0. The molecular weight excluding hydrogens is 104 g/mol. The van der Waals surface area contributed by atoms with E-state index in [4.69, 9.17) is 3.32 Å². The molecule has 4 heteroatoms. The Balaban J connectivity index is -0.00000000500. The molecule has 0 atom stereocenters. The third kappa shape index (κ3) is 10.6. The van der Waals surface area contributed by atoms with Crippen molar-refractivity contribution in [2.45, 2.75) is 0 Å². The van der Waals surface area contributed by atoms with Crippen LogP contribution in [-0.2, 0) is 23.7 Å². The van der Waals surface area contributed by atoms with Crippen molar-refractivity contribution in [3.63, 3.8) is 0 Å².